The van der Waals surface area contributed by atoms with Crippen LogP contribution >= 0.6 is 0 Å². The average Bonchev–Trinajstić information content (AvgIpc) is 2.88. The molecule has 23 heavy (non-hydrogen) atoms. The van der Waals surface area contributed by atoms with Crippen molar-refractivity contribution < 1.29 is 4.79 Å². The number of hydrogen-bond acceptors (Lipinski definition) is 5. The first-order valence-electron chi connectivity index (χ1n) is 7.41. The van der Waals surface area contributed by atoms with E-state index in [0.717, 1.165) is 30.1 Å². The van der Waals surface area contributed by atoms with Crippen LogP contribution in [0.3, 0.4) is 0 Å². The Bertz CT molecular complexity index is 824. The van der Waals surface area contributed by atoms with E-state index < -0.39 is 0 Å². The second-order valence-corrected chi connectivity index (χ2v) is 5.28. The maximum Gasteiger partial charge on any atom is 0.221 e. The monoisotopic (exact) mass is 310 g/mol. The number of rotatable bonds is 5. The molecule has 118 valence electrons. The zero-order chi connectivity index (χ0) is 16.2. The summed E-state index contributed by atoms with van der Waals surface area (Å²) in [4.78, 5) is 15.2. The smallest absolute Gasteiger partial charge is 0.221 e. The third-order valence-electron chi connectivity index (χ3n) is 3.31. The molecule has 0 aliphatic heterocycles. The van der Waals surface area contributed by atoms with Crippen LogP contribution in [0.1, 0.15) is 18.3 Å². The van der Waals surface area contributed by atoms with Gasteiger partial charge in [0.05, 0.1) is 0 Å². The summed E-state index contributed by atoms with van der Waals surface area (Å²) < 4.78 is 1.53. The van der Waals surface area contributed by atoms with Gasteiger partial charge in [0.25, 0.3) is 0 Å². The summed E-state index contributed by atoms with van der Waals surface area (Å²) >= 11 is 0. The Balaban J connectivity index is 1.56. The fraction of sp³-hybridized carbons (Fsp3) is 0.250. The first-order chi connectivity index (χ1) is 11.1. The molecule has 0 aliphatic rings. The predicted molar refractivity (Wildman–Crippen MR) is 88.5 cm³/mol. The van der Waals surface area contributed by atoms with Crippen molar-refractivity contribution in [2.75, 3.05) is 17.2 Å². The van der Waals surface area contributed by atoms with Gasteiger partial charge in [0.2, 0.25) is 5.91 Å². The molecule has 3 rings (SSSR count). The lowest BCUT2D eigenvalue weighted by molar-refractivity contribution is -0.114. The summed E-state index contributed by atoms with van der Waals surface area (Å²) in [6.07, 6.45) is 0.858. The molecule has 2 N–H and O–H groups in total. The van der Waals surface area contributed by atoms with Gasteiger partial charge >= 0.3 is 0 Å². The van der Waals surface area contributed by atoms with Gasteiger partial charge in [-0.05, 0) is 43.2 Å². The van der Waals surface area contributed by atoms with Crippen LogP contribution in [-0.2, 0) is 11.2 Å². The first kappa shape index (κ1) is 15.0. The van der Waals surface area contributed by atoms with Crippen molar-refractivity contribution in [3.05, 3.63) is 47.8 Å². The van der Waals surface area contributed by atoms with E-state index >= 15 is 0 Å². The minimum Gasteiger partial charge on any atom is -0.368 e. The van der Waals surface area contributed by atoms with Gasteiger partial charge < -0.3 is 10.6 Å². The third-order valence-corrected chi connectivity index (χ3v) is 3.31. The Labute approximate surface area is 133 Å². The van der Waals surface area contributed by atoms with Gasteiger partial charge in [-0.2, -0.15) is 0 Å². The molecule has 0 atom stereocenters. The number of carbonyl (C=O) groups is 1. The molecule has 7 nitrogen and oxygen atoms in total. The lowest BCUT2D eigenvalue weighted by Crippen LogP contribution is -2.09. The number of aromatic nitrogens is 4. The standard InChI is InChI=1S/C16H18N6O/c1-11-18-16-8-7-15(21-22(16)20-11)17-10-9-13-3-5-14(6-4-13)19-12(2)23/h3-8H,9-10H2,1-2H3,(H,17,21)(H,19,23). The lowest BCUT2D eigenvalue weighted by atomic mass is 10.1. The summed E-state index contributed by atoms with van der Waals surface area (Å²) in [5.74, 6) is 1.40. The highest BCUT2D eigenvalue weighted by molar-refractivity contribution is 5.88. The van der Waals surface area contributed by atoms with Gasteiger partial charge in [-0.1, -0.05) is 12.1 Å². The predicted octanol–water partition coefficient (Wildman–Crippen LogP) is 2.05. The van der Waals surface area contributed by atoms with Crippen LogP contribution in [-0.4, -0.2) is 32.3 Å². The molecule has 0 saturated heterocycles. The minimum absolute atomic E-state index is 0.0655. The molecule has 0 fully saturated rings. The Morgan fingerprint density at radius 2 is 1.91 bits per heavy atom. The van der Waals surface area contributed by atoms with Crippen LogP contribution in [0.25, 0.3) is 5.65 Å². The van der Waals surface area contributed by atoms with Gasteiger partial charge in [0, 0.05) is 19.2 Å². The van der Waals surface area contributed by atoms with Gasteiger partial charge in [0.1, 0.15) is 11.6 Å². The van der Waals surface area contributed by atoms with Crippen LogP contribution in [0, 0.1) is 6.92 Å². The molecule has 2 aromatic heterocycles. The third kappa shape index (κ3) is 3.82. The van der Waals surface area contributed by atoms with Crippen molar-refractivity contribution in [2.45, 2.75) is 20.3 Å². The van der Waals surface area contributed by atoms with E-state index in [1.165, 1.54) is 17.1 Å². The average molecular weight is 310 g/mol. The SMILES string of the molecule is CC(=O)Nc1ccc(CCNc2ccc3nc(C)nn3n2)cc1. The number of benzene rings is 1. The molecule has 0 saturated carbocycles. The maximum absolute atomic E-state index is 11.0. The number of fused-ring (bicyclic) bond motifs is 1. The minimum atomic E-state index is -0.0655. The number of anilines is 2. The van der Waals surface area contributed by atoms with Crippen molar-refractivity contribution >= 4 is 23.1 Å². The first-order valence-corrected chi connectivity index (χ1v) is 7.41. The van der Waals surface area contributed by atoms with E-state index in [1.54, 1.807) is 0 Å². The van der Waals surface area contributed by atoms with E-state index in [2.05, 4.69) is 25.8 Å². The topological polar surface area (TPSA) is 84.2 Å². The summed E-state index contributed by atoms with van der Waals surface area (Å²) in [6.45, 7) is 4.09. The molecule has 0 aliphatic carbocycles. The van der Waals surface area contributed by atoms with Crippen LogP contribution in [0.4, 0.5) is 11.5 Å². The van der Waals surface area contributed by atoms with Crippen LogP contribution in [0.2, 0.25) is 0 Å². The molecular weight excluding hydrogens is 292 g/mol. The molecule has 3 aromatic rings. The number of hydrogen-bond donors (Lipinski definition) is 2. The quantitative estimate of drug-likeness (QED) is 0.753. The van der Waals surface area contributed by atoms with Crippen LogP contribution in [0.15, 0.2) is 36.4 Å². The Hall–Kier alpha value is -2.96. The van der Waals surface area contributed by atoms with Gasteiger partial charge in [-0.15, -0.1) is 14.8 Å². The second-order valence-electron chi connectivity index (χ2n) is 5.28. The number of carbonyl (C=O) groups excluding carboxylic acids is 1. The van der Waals surface area contributed by atoms with Crippen molar-refractivity contribution in [3.63, 3.8) is 0 Å². The number of nitrogens with one attached hydrogen (secondary N) is 2. The molecule has 7 heteroatoms. The molecule has 0 unspecified atom stereocenters. The number of nitrogens with zero attached hydrogens (tertiary/aromatic N) is 4. The molecular formula is C16H18N6O. The number of amides is 1. The Morgan fingerprint density at radius 1 is 1.13 bits per heavy atom. The number of aryl methyl sites for hydroxylation is 1. The van der Waals surface area contributed by atoms with Crippen molar-refractivity contribution in [1.29, 1.82) is 0 Å². The lowest BCUT2D eigenvalue weighted by Gasteiger charge is -2.07. The van der Waals surface area contributed by atoms with E-state index in [0.29, 0.717) is 5.82 Å². The van der Waals surface area contributed by atoms with E-state index in [1.807, 2.05) is 43.3 Å². The van der Waals surface area contributed by atoms with E-state index in [-0.39, 0.29) is 5.91 Å². The maximum atomic E-state index is 11.0. The molecule has 1 amide bonds. The molecule has 2 heterocycles. The van der Waals surface area contributed by atoms with Crippen LogP contribution in [0.5, 0.6) is 0 Å². The largest absolute Gasteiger partial charge is 0.368 e. The Morgan fingerprint density at radius 3 is 2.65 bits per heavy atom. The van der Waals surface area contributed by atoms with Crippen molar-refractivity contribution in [3.8, 4) is 0 Å². The van der Waals surface area contributed by atoms with Gasteiger partial charge in [0.15, 0.2) is 5.65 Å². The summed E-state index contributed by atoms with van der Waals surface area (Å²) in [6, 6.07) is 11.6. The fourth-order valence-electron chi connectivity index (χ4n) is 2.27. The zero-order valence-corrected chi connectivity index (χ0v) is 13.1. The van der Waals surface area contributed by atoms with E-state index in [9.17, 15) is 4.79 Å². The fourth-order valence-corrected chi connectivity index (χ4v) is 2.27. The summed E-state index contributed by atoms with van der Waals surface area (Å²) in [5.41, 5.74) is 2.73. The molecule has 0 spiro atoms. The van der Waals surface area contributed by atoms with Gasteiger partial charge in [-0.25, -0.2) is 4.98 Å². The highest BCUT2D eigenvalue weighted by Crippen LogP contribution is 2.11. The highest BCUT2D eigenvalue weighted by atomic mass is 16.1. The van der Waals surface area contributed by atoms with Crippen molar-refractivity contribution in [1.82, 2.24) is 19.8 Å². The zero-order valence-electron chi connectivity index (χ0n) is 13.1. The highest BCUT2D eigenvalue weighted by Gasteiger charge is 2.02. The Kier molecular flexibility index (Phi) is 4.18. The molecule has 0 radical (unpaired) electrons. The summed E-state index contributed by atoms with van der Waals surface area (Å²) in [5, 5.41) is 14.6. The van der Waals surface area contributed by atoms with Crippen molar-refractivity contribution in [2.24, 2.45) is 0 Å². The van der Waals surface area contributed by atoms with Crippen LogP contribution < -0.4 is 10.6 Å². The molecule has 0 bridgehead atoms. The van der Waals surface area contributed by atoms with E-state index in [4.69, 9.17) is 0 Å². The van der Waals surface area contributed by atoms with Gasteiger partial charge in [-0.3, -0.25) is 4.79 Å². The summed E-state index contributed by atoms with van der Waals surface area (Å²) in [7, 11) is 0. The normalized spacial score (nSPS) is 10.7. The molecule has 1 aromatic carbocycles. The second kappa shape index (κ2) is 6.43.